The highest BCUT2D eigenvalue weighted by Crippen LogP contribution is 2.29. The molecule has 0 spiro atoms. The minimum Gasteiger partial charge on any atom is -0.0887 e. The van der Waals surface area contributed by atoms with Gasteiger partial charge in [-0.2, -0.15) is 0 Å². The first-order valence-corrected chi connectivity index (χ1v) is 9.04. The lowest BCUT2D eigenvalue weighted by Gasteiger charge is -2.27. The van der Waals surface area contributed by atoms with Gasteiger partial charge in [-0.25, -0.2) is 0 Å². The normalized spacial score (nSPS) is 18.6. The van der Waals surface area contributed by atoms with Gasteiger partial charge in [0.25, 0.3) is 0 Å². The zero-order valence-electron chi connectivity index (χ0n) is 15.3. The second-order valence-electron chi connectivity index (χ2n) is 7.31. The molecular formula is C20H40. The van der Waals surface area contributed by atoms with Gasteiger partial charge in [0, 0.05) is 0 Å². The van der Waals surface area contributed by atoms with Gasteiger partial charge in [-0.1, -0.05) is 78.4 Å². The zero-order chi connectivity index (χ0) is 15.5. The molecule has 0 saturated carbocycles. The predicted octanol–water partition coefficient (Wildman–Crippen LogP) is 7.25. The second kappa shape index (κ2) is 11.4. The first-order valence-electron chi connectivity index (χ1n) is 9.04. The number of unbranched alkanes of at least 4 members (excludes halogenated alkanes) is 1. The summed E-state index contributed by atoms with van der Waals surface area (Å²) in [6.07, 6.45) is 11.9. The van der Waals surface area contributed by atoms with E-state index in [1.165, 1.54) is 44.9 Å². The van der Waals surface area contributed by atoms with E-state index in [-0.39, 0.29) is 0 Å². The second-order valence-corrected chi connectivity index (χ2v) is 7.31. The maximum Gasteiger partial charge on any atom is -0.0321 e. The van der Waals surface area contributed by atoms with E-state index in [1.807, 2.05) is 0 Å². The van der Waals surface area contributed by atoms with E-state index in [2.05, 4.69) is 54.5 Å². The summed E-state index contributed by atoms with van der Waals surface area (Å²) >= 11 is 0. The van der Waals surface area contributed by atoms with Crippen molar-refractivity contribution < 1.29 is 0 Å². The molecule has 0 aliphatic heterocycles. The van der Waals surface area contributed by atoms with Crippen LogP contribution in [-0.4, -0.2) is 0 Å². The highest BCUT2D eigenvalue weighted by Gasteiger charge is 2.19. The zero-order valence-corrected chi connectivity index (χ0v) is 15.3. The molecule has 0 heteroatoms. The molecule has 4 unspecified atom stereocenters. The first-order chi connectivity index (χ1) is 9.42. The van der Waals surface area contributed by atoms with Crippen LogP contribution >= 0.6 is 0 Å². The smallest absolute Gasteiger partial charge is 0.0321 e. The van der Waals surface area contributed by atoms with E-state index in [0.717, 1.165) is 23.7 Å². The van der Waals surface area contributed by atoms with Crippen LogP contribution in [0.2, 0.25) is 0 Å². The van der Waals surface area contributed by atoms with Crippen LogP contribution in [-0.2, 0) is 0 Å². The molecule has 20 heavy (non-hydrogen) atoms. The lowest BCUT2D eigenvalue weighted by Crippen LogP contribution is -2.17. The minimum absolute atomic E-state index is 0.880. The number of hydrogen-bond donors (Lipinski definition) is 0. The highest BCUT2D eigenvalue weighted by atomic mass is 14.2. The van der Waals surface area contributed by atoms with Crippen molar-refractivity contribution >= 4 is 0 Å². The van der Waals surface area contributed by atoms with E-state index < -0.39 is 0 Å². The summed E-state index contributed by atoms with van der Waals surface area (Å²) in [6, 6.07) is 0. The van der Waals surface area contributed by atoms with Gasteiger partial charge in [0.1, 0.15) is 0 Å². The van der Waals surface area contributed by atoms with Crippen LogP contribution in [0.3, 0.4) is 0 Å². The van der Waals surface area contributed by atoms with Crippen LogP contribution in [0.25, 0.3) is 0 Å². The van der Waals surface area contributed by atoms with E-state index in [4.69, 9.17) is 0 Å². The van der Waals surface area contributed by atoms with Crippen molar-refractivity contribution in [1.82, 2.24) is 0 Å². The summed E-state index contributed by atoms with van der Waals surface area (Å²) in [5.41, 5.74) is 1.55. The van der Waals surface area contributed by atoms with Crippen LogP contribution in [0.1, 0.15) is 93.4 Å². The molecule has 0 nitrogen and oxygen atoms in total. The fourth-order valence-corrected chi connectivity index (χ4v) is 2.92. The Balaban J connectivity index is 3.92. The minimum atomic E-state index is 0.880. The Labute approximate surface area is 129 Å². The summed E-state index contributed by atoms with van der Waals surface area (Å²) in [7, 11) is 0. The summed E-state index contributed by atoms with van der Waals surface area (Å²) < 4.78 is 0. The van der Waals surface area contributed by atoms with E-state index in [1.54, 1.807) is 5.57 Å². The molecule has 0 saturated heterocycles. The predicted molar refractivity (Wildman–Crippen MR) is 94.1 cm³/mol. The number of rotatable bonds is 11. The van der Waals surface area contributed by atoms with Crippen LogP contribution in [0.4, 0.5) is 0 Å². The molecule has 0 radical (unpaired) electrons. The maximum atomic E-state index is 2.47. The van der Waals surface area contributed by atoms with Crippen LogP contribution in [0.15, 0.2) is 11.6 Å². The van der Waals surface area contributed by atoms with E-state index in [9.17, 15) is 0 Å². The molecule has 0 fully saturated rings. The summed E-state index contributed by atoms with van der Waals surface area (Å²) in [4.78, 5) is 0. The van der Waals surface area contributed by atoms with Gasteiger partial charge in [-0.3, -0.25) is 0 Å². The quantitative estimate of drug-likeness (QED) is 0.350. The lowest BCUT2D eigenvalue weighted by atomic mass is 9.79. The molecule has 0 rings (SSSR count). The molecule has 0 heterocycles. The van der Waals surface area contributed by atoms with Crippen LogP contribution in [0.5, 0.6) is 0 Å². The third-order valence-corrected chi connectivity index (χ3v) is 5.45. The van der Waals surface area contributed by atoms with Crippen molar-refractivity contribution in [1.29, 1.82) is 0 Å². The highest BCUT2D eigenvalue weighted by molar-refractivity contribution is 4.95. The third-order valence-electron chi connectivity index (χ3n) is 5.45. The summed E-state index contributed by atoms with van der Waals surface area (Å²) in [5.74, 6) is 3.54. The average Bonchev–Trinajstić information content (AvgIpc) is 2.46. The van der Waals surface area contributed by atoms with Gasteiger partial charge in [0.05, 0.1) is 0 Å². The van der Waals surface area contributed by atoms with Gasteiger partial charge in [-0.05, 0) is 50.4 Å². The van der Waals surface area contributed by atoms with Gasteiger partial charge in [-0.15, -0.1) is 0 Å². The Morgan fingerprint density at radius 1 is 0.900 bits per heavy atom. The molecule has 0 aliphatic carbocycles. The maximum absolute atomic E-state index is 2.47. The molecule has 0 aliphatic rings. The van der Waals surface area contributed by atoms with Crippen molar-refractivity contribution in [2.75, 3.05) is 0 Å². The van der Waals surface area contributed by atoms with Crippen molar-refractivity contribution in [3.05, 3.63) is 11.6 Å². The Morgan fingerprint density at radius 3 is 2.05 bits per heavy atom. The van der Waals surface area contributed by atoms with Crippen molar-refractivity contribution in [3.63, 3.8) is 0 Å². The molecule has 120 valence electrons. The van der Waals surface area contributed by atoms with Crippen LogP contribution in [0, 0.1) is 23.7 Å². The monoisotopic (exact) mass is 280 g/mol. The van der Waals surface area contributed by atoms with E-state index >= 15 is 0 Å². The van der Waals surface area contributed by atoms with Gasteiger partial charge >= 0.3 is 0 Å². The largest absolute Gasteiger partial charge is 0.0887 e. The van der Waals surface area contributed by atoms with Crippen molar-refractivity contribution in [2.45, 2.75) is 93.4 Å². The standard InChI is InChI=1S/C20H40/c1-8-10-11-18(5)20(7)19(6)15-14-17(4)13-12-16(3)9-2/h9,17-20H,8,10-15H2,1-7H3. The van der Waals surface area contributed by atoms with Gasteiger partial charge < -0.3 is 0 Å². The molecule has 0 amide bonds. The first kappa shape index (κ1) is 19.7. The lowest BCUT2D eigenvalue weighted by molar-refractivity contribution is 0.237. The van der Waals surface area contributed by atoms with Crippen LogP contribution < -0.4 is 0 Å². The molecule has 0 aromatic rings. The Bertz CT molecular complexity index is 251. The summed E-state index contributed by atoms with van der Waals surface area (Å²) in [5, 5.41) is 0. The van der Waals surface area contributed by atoms with Crippen molar-refractivity contribution in [3.8, 4) is 0 Å². The Kier molecular flexibility index (Phi) is 11.3. The third kappa shape index (κ3) is 8.82. The molecule has 0 bridgehead atoms. The van der Waals surface area contributed by atoms with E-state index in [0.29, 0.717) is 0 Å². The Hall–Kier alpha value is -0.260. The number of hydrogen-bond acceptors (Lipinski definition) is 0. The molecule has 0 N–H and O–H groups in total. The molecule has 0 aromatic heterocycles. The van der Waals surface area contributed by atoms with Gasteiger partial charge in [0.2, 0.25) is 0 Å². The molecular weight excluding hydrogens is 240 g/mol. The Morgan fingerprint density at radius 2 is 1.50 bits per heavy atom. The fourth-order valence-electron chi connectivity index (χ4n) is 2.92. The average molecular weight is 281 g/mol. The van der Waals surface area contributed by atoms with Crippen molar-refractivity contribution in [2.24, 2.45) is 23.7 Å². The molecule has 4 atom stereocenters. The summed E-state index contributed by atoms with van der Waals surface area (Å²) in [6.45, 7) is 16.5. The molecule has 0 aromatic carbocycles. The van der Waals surface area contributed by atoms with Gasteiger partial charge in [0.15, 0.2) is 0 Å². The topological polar surface area (TPSA) is 0 Å². The fraction of sp³-hybridized carbons (Fsp3) is 0.900. The number of allylic oxidation sites excluding steroid dienone is 2. The SMILES string of the molecule is CC=C(C)CCC(C)CCC(C)C(C)C(C)CCCC.